The molecule has 0 radical (unpaired) electrons. The highest BCUT2D eigenvalue weighted by Gasteiger charge is 2.20. The summed E-state index contributed by atoms with van der Waals surface area (Å²) in [4.78, 5) is 25.5. The fourth-order valence-corrected chi connectivity index (χ4v) is 3.15. The highest BCUT2D eigenvalue weighted by molar-refractivity contribution is 5.92. The van der Waals surface area contributed by atoms with Crippen LogP contribution in [0.4, 0.5) is 15.9 Å². The first-order valence-electron chi connectivity index (χ1n) is 9.46. The molecule has 0 bridgehead atoms. The summed E-state index contributed by atoms with van der Waals surface area (Å²) in [5.74, 6) is 0.995. The van der Waals surface area contributed by atoms with Crippen LogP contribution in [0.5, 0.6) is 0 Å². The topological polar surface area (TPSA) is 61.4 Å². The van der Waals surface area contributed by atoms with Crippen molar-refractivity contribution in [1.82, 2.24) is 15.3 Å². The van der Waals surface area contributed by atoms with E-state index in [0.717, 1.165) is 50.5 Å². The van der Waals surface area contributed by atoms with Gasteiger partial charge in [-0.3, -0.25) is 4.79 Å². The van der Waals surface area contributed by atoms with Crippen LogP contribution >= 0.6 is 0 Å². The number of nitrogens with zero attached hydrogens (tertiary/aromatic N) is 4. The molecule has 7 heteroatoms. The highest BCUT2D eigenvalue weighted by Crippen LogP contribution is 2.20. The summed E-state index contributed by atoms with van der Waals surface area (Å²) in [5.41, 5.74) is 1.43. The fraction of sp³-hybridized carbons (Fsp3) is 0.450. The van der Waals surface area contributed by atoms with Gasteiger partial charge in [0.25, 0.3) is 5.91 Å². The lowest BCUT2D eigenvalue weighted by Crippen LogP contribution is -2.47. The number of benzene rings is 1. The lowest BCUT2D eigenvalue weighted by atomic mass is 10.2. The van der Waals surface area contributed by atoms with Crippen LogP contribution in [0, 0.1) is 12.7 Å². The van der Waals surface area contributed by atoms with Crippen molar-refractivity contribution in [3.8, 4) is 0 Å². The monoisotopic (exact) mass is 371 g/mol. The maximum absolute atomic E-state index is 13.1. The second-order valence-corrected chi connectivity index (χ2v) is 6.72. The van der Waals surface area contributed by atoms with Gasteiger partial charge >= 0.3 is 0 Å². The standard InChI is InChI=1S/C20H26FN5O/c1-3-4-9-22-20(27)18-14-19(24-15(2)23-18)26-12-10-25(11-13-26)17-7-5-16(21)6-8-17/h5-8,14H,3-4,9-13H2,1-2H3,(H,22,27). The Bertz CT molecular complexity index is 772. The second-order valence-electron chi connectivity index (χ2n) is 6.72. The van der Waals surface area contributed by atoms with Crippen molar-refractivity contribution in [3.63, 3.8) is 0 Å². The lowest BCUT2D eigenvalue weighted by molar-refractivity contribution is 0.0947. The van der Waals surface area contributed by atoms with E-state index in [-0.39, 0.29) is 11.7 Å². The van der Waals surface area contributed by atoms with E-state index in [9.17, 15) is 9.18 Å². The number of hydrogen-bond acceptors (Lipinski definition) is 5. The van der Waals surface area contributed by atoms with Gasteiger partial charge in [0, 0.05) is 44.5 Å². The normalized spacial score (nSPS) is 14.3. The van der Waals surface area contributed by atoms with Gasteiger partial charge in [0.15, 0.2) is 0 Å². The largest absolute Gasteiger partial charge is 0.368 e. The molecule has 3 rings (SSSR count). The van der Waals surface area contributed by atoms with Gasteiger partial charge in [-0.25, -0.2) is 14.4 Å². The molecule has 0 aliphatic carbocycles. The van der Waals surface area contributed by atoms with E-state index in [1.165, 1.54) is 12.1 Å². The minimum Gasteiger partial charge on any atom is -0.368 e. The van der Waals surface area contributed by atoms with Crippen molar-refractivity contribution in [1.29, 1.82) is 0 Å². The van der Waals surface area contributed by atoms with Gasteiger partial charge in [-0.2, -0.15) is 0 Å². The smallest absolute Gasteiger partial charge is 0.270 e. The quantitative estimate of drug-likeness (QED) is 0.791. The molecule has 0 atom stereocenters. The third-order valence-corrected chi connectivity index (χ3v) is 4.67. The van der Waals surface area contributed by atoms with Crippen LogP contribution < -0.4 is 15.1 Å². The number of nitrogens with one attached hydrogen (secondary N) is 1. The number of aromatic nitrogens is 2. The fourth-order valence-electron chi connectivity index (χ4n) is 3.15. The van der Waals surface area contributed by atoms with E-state index < -0.39 is 0 Å². The van der Waals surface area contributed by atoms with Crippen LogP contribution in [0.1, 0.15) is 36.1 Å². The van der Waals surface area contributed by atoms with Crippen molar-refractivity contribution in [3.05, 3.63) is 47.7 Å². The Kier molecular flexibility index (Phi) is 6.21. The molecule has 1 fully saturated rings. The molecule has 0 unspecified atom stereocenters. The Morgan fingerprint density at radius 3 is 2.44 bits per heavy atom. The maximum atomic E-state index is 13.1. The molecule has 0 saturated carbocycles. The van der Waals surface area contributed by atoms with E-state index in [2.05, 4.69) is 32.0 Å². The molecule has 27 heavy (non-hydrogen) atoms. The van der Waals surface area contributed by atoms with Gasteiger partial charge in [-0.15, -0.1) is 0 Å². The van der Waals surface area contributed by atoms with Gasteiger partial charge < -0.3 is 15.1 Å². The van der Waals surface area contributed by atoms with Gasteiger partial charge in [0.05, 0.1) is 0 Å². The zero-order valence-corrected chi connectivity index (χ0v) is 15.9. The molecule has 1 aromatic carbocycles. The molecule has 2 aromatic rings. The summed E-state index contributed by atoms with van der Waals surface area (Å²) in [6.07, 6.45) is 1.99. The molecule has 1 N–H and O–H groups in total. The first-order chi connectivity index (χ1) is 13.1. The molecule has 0 spiro atoms. The number of carbonyl (C=O) groups is 1. The third-order valence-electron chi connectivity index (χ3n) is 4.67. The number of anilines is 2. The zero-order valence-electron chi connectivity index (χ0n) is 15.9. The average Bonchev–Trinajstić information content (AvgIpc) is 2.68. The van der Waals surface area contributed by atoms with Crippen LogP contribution in [0.15, 0.2) is 30.3 Å². The number of rotatable bonds is 6. The molecular formula is C20H26FN5O. The predicted octanol–water partition coefficient (Wildman–Crippen LogP) is 2.78. The average molecular weight is 371 g/mol. The number of unbranched alkanes of at least 4 members (excludes halogenated alkanes) is 1. The minimum atomic E-state index is -0.224. The number of halogens is 1. The van der Waals surface area contributed by atoms with Crippen LogP contribution in [0.3, 0.4) is 0 Å². The van der Waals surface area contributed by atoms with Crippen LogP contribution in [-0.4, -0.2) is 48.6 Å². The summed E-state index contributed by atoms with van der Waals surface area (Å²) in [6, 6.07) is 8.34. The molecule has 1 aliphatic heterocycles. The summed E-state index contributed by atoms with van der Waals surface area (Å²) in [5, 5.41) is 2.90. The van der Waals surface area contributed by atoms with E-state index in [4.69, 9.17) is 0 Å². The van der Waals surface area contributed by atoms with E-state index >= 15 is 0 Å². The molecule has 1 amide bonds. The van der Waals surface area contributed by atoms with Crippen molar-refractivity contribution in [2.24, 2.45) is 0 Å². The second kappa shape index (κ2) is 8.79. The number of amides is 1. The van der Waals surface area contributed by atoms with Crippen molar-refractivity contribution < 1.29 is 9.18 Å². The molecule has 2 heterocycles. The number of aryl methyl sites for hydroxylation is 1. The molecule has 1 saturated heterocycles. The Morgan fingerprint density at radius 1 is 1.11 bits per heavy atom. The Hall–Kier alpha value is -2.70. The minimum absolute atomic E-state index is 0.153. The lowest BCUT2D eigenvalue weighted by Gasteiger charge is -2.36. The van der Waals surface area contributed by atoms with E-state index in [1.807, 2.05) is 0 Å². The third kappa shape index (κ3) is 4.93. The number of carbonyl (C=O) groups excluding carboxylic acids is 1. The Labute approximate surface area is 159 Å². The van der Waals surface area contributed by atoms with Gasteiger partial charge in [-0.05, 0) is 37.6 Å². The SMILES string of the molecule is CCCCNC(=O)c1cc(N2CCN(c3ccc(F)cc3)CC2)nc(C)n1. The van der Waals surface area contributed by atoms with Gasteiger partial charge in [0.2, 0.25) is 0 Å². The number of piperazine rings is 1. The highest BCUT2D eigenvalue weighted by atomic mass is 19.1. The molecule has 1 aliphatic rings. The maximum Gasteiger partial charge on any atom is 0.270 e. The first kappa shape index (κ1) is 19.1. The number of hydrogen-bond donors (Lipinski definition) is 1. The summed E-state index contributed by atoms with van der Waals surface area (Å²) < 4.78 is 13.1. The molecule has 1 aromatic heterocycles. The Morgan fingerprint density at radius 2 is 1.78 bits per heavy atom. The van der Waals surface area contributed by atoms with Crippen molar-refractivity contribution >= 4 is 17.4 Å². The molecular weight excluding hydrogens is 345 g/mol. The van der Waals surface area contributed by atoms with E-state index in [1.54, 1.807) is 25.1 Å². The van der Waals surface area contributed by atoms with Crippen LogP contribution in [-0.2, 0) is 0 Å². The molecule has 6 nitrogen and oxygen atoms in total. The Balaban J connectivity index is 1.65. The van der Waals surface area contributed by atoms with Crippen LogP contribution in [0.2, 0.25) is 0 Å². The predicted molar refractivity (Wildman–Crippen MR) is 105 cm³/mol. The van der Waals surface area contributed by atoms with Crippen LogP contribution in [0.25, 0.3) is 0 Å². The van der Waals surface area contributed by atoms with Gasteiger partial charge in [-0.1, -0.05) is 13.3 Å². The zero-order chi connectivity index (χ0) is 19.2. The van der Waals surface area contributed by atoms with Crippen molar-refractivity contribution in [2.75, 3.05) is 42.5 Å². The first-order valence-corrected chi connectivity index (χ1v) is 9.46. The van der Waals surface area contributed by atoms with E-state index in [0.29, 0.717) is 18.1 Å². The summed E-state index contributed by atoms with van der Waals surface area (Å²) >= 11 is 0. The summed E-state index contributed by atoms with van der Waals surface area (Å²) in [7, 11) is 0. The van der Waals surface area contributed by atoms with Gasteiger partial charge in [0.1, 0.15) is 23.2 Å². The molecule has 144 valence electrons. The summed E-state index contributed by atoms with van der Waals surface area (Å²) in [6.45, 7) is 7.74. The van der Waals surface area contributed by atoms with Crippen molar-refractivity contribution in [2.45, 2.75) is 26.7 Å².